The van der Waals surface area contributed by atoms with Gasteiger partial charge in [-0.2, -0.15) is 0 Å². The minimum absolute atomic E-state index is 0.0612. The fraction of sp³-hybridized carbons (Fsp3) is 0.174. The fourth-order valence-corrected chi connectivity index (χ4v) is 4.16. The summed E-state index contributed by atoms with van der Waals surface area (Å²) in [6, 6.07) is 9.25. The molecule has 0 aliphatic heterocycles. The lowest BCUT2D eigenvalue weighted by molar-refractivity contribution is -0.384. The van der Waals surface area contributed by atoms with Crippen molar-refractivity contribution in [2.24, 2.45) is 0 Å². The average molecular weight is 468 g/mol. The molecule has 0 radical (unpaired) electrons. The van der Waals surface area contributed by atoms with E-state index in [-0.39, 0.29) is 28.6 Å². The van der Waals surface area contributed by atoms with Gasteiger partial charge in [0.05, 0.1) is 22.0 Å². The molecule has 0 unspecified atom stereocenters. The molecule has 0 spiro atoms. The number of nitrogens with zero attached hydrogens (tertiary/aromatic N) is 1. The van der Waals surface area contributed by atoms with Gasteiger partial charge < -0.3 is 14.5 Å². The van der Waals surface area contributed by atoms with E-state index in [2.05, 4.69) is 5.32 Å². The number of non-ortho nitro benzene ring substituents is 1. The van der Waals surface area contributed by atoms with Crippen LogP contribution in [0.25, 0.3) is 17.4 Å². The van der Waals surface area contributed by atoms with Crippen molar-refractivity contribution in [3.63, 3.8) is 0 Å². The van der Waals surface area contributed by atoms with Crippen LogP contribution in [0, 0.1) is 17.0 Å². The molecule has 0 saturated carbocycles. The highest BCUT2D eigenvalue weighted by atomic mass is 32.1. The Morgan fingerprint density at radius 2 is 2.00 bits per heavy atom. The van der Waals surface area contributed by atoms with Crippen LogP contribution in [0.2, 0.25) is 0 Å². The van der Waals surface area contributed by atoms with Gasteiger partial charge in [0.15, 0.2) is 5.78 Å². The maximum atomic E-state index is 12.5. The molecule has 10 heteroatoms. The first-order chi connectivity index (χ1) is 15.7. The van der Waals surface area contributed by atoms with E-state index in [0.717, 1.165) is 11.3 Å². The van der Waals surface area contributed by atoms with E-state index in [9.17, 15) is 24.5 Å². The molecule has 1 aromatic carbocycles. The van der Waals surface area contributed by atoms with Crippen molar-refractivity contribution >= 4 is 45.8 Å². The van der Waals surface area contributed by atoms with Crippen molar-refractivity contribution in [1.82, 2.24) is 0 Å². The summed E-state index contributed by atoms with van der Waals surface area (Å²) in [5, 5.41) is 13.8. The summed E-state index contributed by atoms with van der Waals surface area (Å²) in [5.74, 6) is -0.619. The van der Waals surface area contributed by atoms with Crippen LogP contribution in [0.3, 0.4) is 0 Å². The average Bonchev–Trinajstić information content (AvgIpc) is 3.37. The van der Waals surface area contributed by atoms with E-state index in [4.69, 9.17) is 9.15 Å². The molecule has 3 aromatic rings. The first kappa shape index (κ1) is 23.6. The van der Waals surface area contributed by atoms with Crippen LogP contribution in [-0.4, -0.2) is 29.2 Å². The first-order valence-electron chi connectivity index (χ1n) is 9.86. The van der Waals surface area contributed by atoms with E-state index in [1.165, 1.54) is 31.2 Å². The number of nitrogens with one attached hydrogen (secondary N) is 1. The normalized spacial score (nSPS) is 10.9. The molecule has 3 rings (SSSR count). The third-order valence-corrected chi connectivity index (χ3v) is 5.86. The van der Waals surface area contributed by atoms with Crippen molar-refractivity contribution in [2.75, 3.05) is 11.9 Å². The zero-order valence-corrected chi connectivity index (χ0v) is 18.9. The summed E-state index contributed by atoms with van der Waals surface area (Å²) in [6.07, 6.45) is 2.64. The van der Waals surface area contributed by atoms with E-state index in [0.29, 0.717) is 27.5 Å². The van der Waals surface area contributed by atoms with Gasteiger partial charge in [-0.25, -0.2) is 4.79 Å². The van der Waals surface area contributed by atoms with Crippen molar-refractivity contribution in [3.05, 3.63) is 74.4 Å². The Morgan fingerprint density at radius 1 is 1.24 bits per heavy atom. The summed E-state index contributed by atoms with van der Waals surface area (Å²) < 4.78 is 10.7. The Balaban J connectivity index is 1.78. The number of amides is 1. The van der Waals surface area contributed by atoms with Gasteiger partial charge in [-0.1, -0.05) is 12.1 Å². The number of benzene rings is 1. The van der Waals surface area contributed by atoms with Gasteiger partial charge in [0, 0.05) is 23.8 Å². The molecule has 0 aliphatic carbocycles. The Morgan fingerprint density at radius 3 is 2.67 bits per heavy atom. The lowest BCUT2D eigenvalue weighted by Crippen LogP contribution is -2.12. The van der Waals surface area contributed by atoms with E-state index < -0.39 is 16.8 Å². The number of thiophene rings is 1. The smallest absolute Gasteiger partial charge is 0.341 e. The topological polar surface area (TPSA) is 129 Å². The van der Waals surface area contributed by atoms with E-state index >= 15 is 0 Å². The summed E-state index contributed by atoms with van der Waals surface area (Å²) in [5.41, 5.74) is 1.07. The van der Waals surface area contributed by atoms with Crippen LogP contribution in [0.5, 0.6) is 0 Å². The van der Waals surface area contributed by atoms with Crippen LogP contribution in [-0.2, 0) is 9.53 Å². The molecule has 0 fully saturated rings. The van der Waals surface area contributed by atoms with Gasteiger partial charge in [-0.15, -0.1) is 11.3 Å². The van der Waals surface area contributed by atoms with Gasteiger partial charge in [0.2, 0.25) is 5.91 Å². The second kappa shape index (κ2) is 10.0. The van der Waals surface area contributed by atoms with Gasteiger partial charge in [-0.3, -0.25) is 19.7 Å². The van der Waals surface area contributed by atoms with Gasteiger partial charge in [-0.05, 0) is 44.5 Å². The summed E-state index contributed by atoms with van der Waals surface area (Å²) >= 11 is 1.01. The molecule has 1 amide bonds. The number of hydrogen-bond donors (Lipinski definition) is 1. The monoisotopic (exact) mass is 468 g/mol. The number of anilines is 1. The SMILES string of the molecule is CCOC(=O)c1c(NC(=O)C=Cc2ccc(-c3cccc([N+](=O)[O-])c3)o2)sc(C(C)=O)c1C. The van der Waals surface area contributed by atoms with Gasteiger partial charge >= 0.3 is 5.97 Å². The Kier molecular flexibility index (Phi) is 7.19. The number of carbonyl (C=O) groups excluding carboxylic acids is 3. The van der Waals surface area contributed by atoms with Crippen molar-refractivity contribution in [2.45, 2.75) is 20.8 Å². The minimum atomic E-state index is -0.620. The lowest BCUT2D eigenvalue weighted by atomic mass is 10.1. The third kappa shape index (κ3) is 5.42. The molecule has 0 atom stereocenters. The molecule has 0 saturated heterocycles. The third-order valence-electron chi connectivity index (χ3n) is 4.55. The first-order valence-corrected chi connectivity index (χ1v) is 10.7. The maximum absolute atomic E-state index is 12.5. The summed E-state index contributed by atoms with van der Waals surface area (Å²) in [7, 11) is 0. The molecule has 0 aliphatic rings. The van der Waals surface area contributed by atoms with Gasteiger partial charge in [0.25, 0.3) is 5.69 Å². The van der Waals surface area contributed by atoms with Gasteiger partial charge in [0.1, 0.15) is 16.5 Å². The number of carbonyl (C=O) groups is 3. The predicted molar refractivity (Wildman–Crippen MR) is 123 cm³/mol. The number of furan rings is 1. The van der Waals surface area contributed by atoms with Crippen LogP contribution >= 0.6 is 11.3 Å². The Labute approximate surface area is 192 Å². The number of esters is 1. The number of nitro benzene ring substituents is 1. The molecule has 170 valence electrons. The largest absolute Gasteiger partial charge is 0.462 e. The highest BCUT2D eigenvalue weighted by Crippen LogP contribution is 2.34. The fourth-order valence-electron chi connectivity index (χ4n) is 3.07. The predicted octanol–water partition coefficient (Wildman–Crippen LogP) is 5.26. The number of ether oxygens (including phenoxy) is 1. The number of rotatable bonds is 8. The summed E-state index contributed by atoms with van der Waals surface area (Å²) in [4.78, 5) is 47.5. The minimum Gasteiger partial charge on any atom is -0.462 e. The number of nitro groups is 1. The number of ketones is 1. The molecule has 2 heterocycles. The molecular formula is C23H20N2O7S. The molecule has 33 heavy (non-hydrogen) atoms. The summed E-state index contributed by atoms with van der Waals surface area (Å²) in [6.45, 7) is 4.83. The highest BCUT2D eigenvalue weighted by Gasteiger charge is 2.24. The number of hydrogen-bond acceptors (Lipinski definition) is 8. The highest BCUT2D eigenvalue weighted by molar-refractivity contribution is 7.18. The zero-order valence-electron chi connectivity index (χ0n) is 18.0. The molecule has 0 bridgehead atoms. The van der Waals surface area contributed by atoms with Crippen LogP contribution < -0.4 is 5.32 Å². The Bertz CT molecular complexity index is 1270. The quantitative estimate of drug-likeness (QED) is 0.157. The van der Waals surface area contributed by atoms with Crippen LogP contribution in [0.15, 0.2) is 46.9 Å². The van der Waals surface area contributed by atoms with Crippen molar-refractivity contribution in [3.8, 4) is 11.3 Å². The standard InChI is InChI=1S/C23H20N2O7S/c1-4-31-23(28)20-13(2)21(14(3)26)33-22(20)24-19(27)11-9-17-8-10-18(32-17)15-6-5-7-16(12-15)25(29)30/h5-12H,4H2,1-3H3,(H,24,27). The second-order valence-corrected chi connectivity index (χ2v) is 7.89. The van der Waals surface area contributed by atoms with E-state index in [1.807, 2.05) is 0 Å². The molecular weight excluding hydrogens is 448 g/mol. The zero-order chi connectivity index (χ0) is 24.1. The van der Waals surface area contributed by atoms with E-state index in [1.54, 1.807) is 38.1 Å². The Hall–Kier alpha value is -4.05. The van der Waals surface area contributed by atoms with Crippen molar-refractivity contribution < 1.29 is 28.5 Å². The molecule has 2 aromatic heterocycles. The molecule has 1 N–H and O–H groups in total. The second-order valence-electron chi connectivity index (χ2n) is 6.87. The van der Waals surface area contributed by atoms with Crippen molar-refractivity contribution in [1.29, 1.82) is 0 Å². The van der Waals surface area contributed by atoms with Crippen LogP contribution in [0.1, 0.15) is 45.2 Å². The molecule has 9 nitrogen and oxygen atoms in total. The maximum Gasteiger partial charge on any atom is 0.341 e. The lowest BCUT2D eigenvalue weighted by Gasteiger charge is -2.05. The number of Topliss-reactive ketones (excluding diaryl/α,β-unsaturated/α-hetero) is 1. The van der Waals surface area contributed by atoms with Crippen LogP contribution in [0.4, 0.5) is 10.7 Å².